The quantitative estimate of drug-likeness (QED) is 0.886. The van der Waals surface area contributed by atoms with Crippen molar-refractivity contribution < 1.29 is 0 Å². The average Bonchev–Trinajstić information content (AvgIpc) is 2.32. The van der Waals surface area contributed by atoms with Gasteiger partial charge >= 0.3 is 0 Å². The third-order valence-corrected chi connectivity index (χ3v) is 4.57. The number of hydrogen-bond donors (Lipinski definition) is 1. The van der Waals surface area contributed by atoms with E-state index in [9.17, 15) is 0 Å². The summed E-state index contributed by atoms with van der Waals surface area (Å²) in [5, 5.41) is 0. The fourth-order valence-corrected chi connectivity index (χ4v) is 3.23. The van der Waals surface area contributed by atoms with Crippen LogP contribution in [-0.2, 0) is 0 Å². The second kappa shape index (κ2) is 4.58. The van der Waals surface area contributed by atoms with Crippen LogP contribution in [0.3, 0.4) is 0 Å². The van der Waals surface area contributed by atoms with E-state index in [-0.39, 0.29) is 0 Å². The van der Waals surface area contributed by atoms with Crippen LogP contribution in [0.15, 0.2) is 10.5 Å². The van der Waals surface area contributed by atoms with Gasteiger partial charge in [0.05, 0.1) is 0 Å². The molecule has 0 aliphatic carbocycles. The Bertz CT molecular complexity index is 261. The van der Waals surface area contributed by atoms with Crippen molar-refractivity contribution in [2.24, 2.45) is 11.7 Å². The Labute approximate surface area is 92.5 Å². The van der Waals surface area contributed by atoms with Crippen LogP contribution in [0.25, 0.3) is 0 Å². The van der Waals surface area contributed by atoms with Gasteiger partial charge in [-0.15, -0.1) is 11.3 Å². The molecule has 0 radical (unpaired) electrons. The third-order valence-electron chi connectivity index (χ3n) is 2.30. The molecule has 0 aliphatic heterocycles. The zero-order chi connectivity index (χ0) is 10.0. The molecule has 0 aromatic carbocycles. The van der Waals surface area contributed by atoms with Gasteiger partial charge in [0.15, 0.2) is 0 Å². The molecule has 0 spiro atoms. The summed E-state index contributed by atoms with van der Waals surface area (Å²) in [7, 11) is 0. The Hall–Kier alpha value is 0.140. The Morgan fingerprint density at radius 2 is 2.15 bits per heavy atom. The van der Waals surface area contributed by atoms with Crippen LogP contribution in [0.2, 0.25) is 0 Å². The number of nitrogens with two attached hydrogens (primary N) is 1. The third kappa shape index (κ3) is 2.55. The van der Waals surface area contributed by atoms with Gasteiger partial charge in [-0.1, -0.05) is 13.8 Å². The van der Waals surface area contributed by atoms with Crippen LogP contribution in [0.4, 0.5) is 0 Å². The maximum absolute atomic E-state index is 5.76. The van der Waals surface area contributed by atoms with Crippen molar-refractivity contribution in [2.45, 2.75) is 26.7 Å². The van der Waals surface area contributed by atoms with E-state index < -0.39 is 0 Å². The molecule has 1 heterocycles. The maximum atomic E-state index is 5.76. The fraction of sp³-hybridized carbons (Fsp3) is 0.600. The van der Waals surface area contributed by atoms with Gasteiger partial charge in [-0.05, 0) is 34.8 Å². The molecule has 0 bridgehead atoms. The summed E-state index contributed by atoms with van der Waals surface area (Å²) in [4.78, 5) is 2.75. The standard InChI is InChI=1S/C10H16BrNS/c1-6(2)8(5-12)10-4-9(11)7(3)13-10/h4,6,8H,5,12H2,1-3H3. The van der Waals surface area contributed by atoms with E-state index >= 15 is 0 Å². The first kappa shape index (κ1) is 11.2. The summed E-state index contributed by atoms with van der Waals surface area (Å²) in [6.45, 7) is 7.32. The molecular formula is C10H16BrNS. The molecule has 1 nitrogen and oxygen atoms in total. The van der Waals surface area contributed by atoms with Gasteiger partial charge in [0.1, 0.15) is 0 Å². The van der Waals surface area contributed by atoms with Crippen molar-refractivity contribution in [1.82, 2.24) is 0 Å². The zero-order valence-corrected chi connectivity index (χ0v) is 10.7. The summed E-state index contributed by atoms with van der Waals surface area (Å²) in [6, 6.07) is 2.21. The SMILES string of the molecule is Cc1sc(C(CN)C(C)C)cc1Br. The van der Waals surface area contributed by atoms with Gasteiger partial charge in [0, 0.05) is 26.7 Å². The first-order chi connectivity index (χ1) is 6.06. The molecule has 0 aliphatic rings. The van der Waals surface area contributed by atoms with E-state index in [2.05, 4.69) is 42.8 Å². The highest BCUT2D eigenvalue weighted by Crippen LogP contribution is 2.34. The lowest BCUT2D eigenvalue weighted by Crippen LogP contribution is -2.16. The number of halogens is 1. The van der Waals surface area contributed by atoms with Crippen molar-refractivity contribution in [3.8, 4) is 0 Å². The van der Waals surface area contributed by atoms with Crippen LogP contribution in [0.5, 0.6) is 0 Å². The zero-order valence-electron chi connectivity index (χ0n) is 8.30. The van der Waals surface area contributed by atoms with Gasteiger partial charge in [0.2, 0.25) is 0 Å². The highest BCUT2D eigenvalue weighted by molar-refractivity contribution is 9.10. The van der Waals surface area contributed by atoms with Gasteiger partial charge in [-0.2, -0.15) is 0 Å². The highest BCUT2D eigenvalue weighted by Gasteiger charge is 2.16. The number of hydrogen-bond acceptors (Lipinski definition) is 2. The Morgan fingerprint density at radius 1 is 1.54 bits per heavy atom. The van der Waals surface area contributed by atoms with E-state index in [1.165, 1.54) is 14.2 Å². The van der Waals surface area contributed by atoms with Crippen molar-refractivity contribution in [2.75, 3.05) is 6.54 Å². The monoisotopic (exact) mass is 261 g/mol. The summed E-state index contributed by atoms with van der Waals surface area (Å²) in [5.41, 5.74) is 5.76. The summed E-state index contributed by atoms with van der Waals surface area (Å²) in [5.74, 6) is 1.13. The molecule has 0 fully saturated rings. The largest absolute Gasteiger partial charge is 0.330 e. The minimum absolute atomic E-state index is 0.509. The summed E-state index contributed by atoms with van der Waals surface area (Å²) >= 11 is 5.38. The lowest BCUT2D eigenvalue weighted by molar-refractivity contribution is 0.513. The molecular weight excluding hydrogens is 246 g/mol. The molecule has 3 heteroatoms. The molecule has 1 aromatic rings. The Balaban J connectivity index is 2.92. The van der Waals surface area contributed by atoms with Crippen molar-refractivity contribution in [3.63, 3.8) is 0 Å². The normalized spacial score (nSPS) is 13.7. The Kier molecular flexibility index (Phi) is 3.95. The van der Waals surface area contributed by atoms with Crippen LogP contribution in [0, 0.1) is 12.8 Å². The second-order valence-electron chi connectivity index (χ2n) is 3.64. The number of aryl methyl sites for hydroxylation is 1. The molecule has 1 aromatic heterocycles. The molecule has 1 atom stereocenters. The average molecular weight is 262 g/mol. The lowest BCUT2D eigenvalue weighted by Gasteiger charge is -2.16. The summed E-state index contributed by atoms with van der Waals surface area (Å²) in [6.07, 6.45) is 0. The number of rotatable bonds is 3. The van der Waals surface area contributed by atoms with Gasteiger partial charge in [-0.25, -0.2) is 0 Å². The molecule has 0 saturated carbocycles. The van der Waals surface area contributed by atoms with E-state index in [0.29, 0.717) is 11.8 Å². The second-order valence-corrected chi connectivity index (χ2v) is 5.78. The molecule has 1 rings (SSSR count). The predicted octanol–water partition coefficient (Wildman–Crippen LogP) is 3.52. The smallest absolute Gasteiger partial charge is 0.0314 e. The van der Waals surface area contributed by atoms with Crippen LogP contribution in [-0.4, -0.2) is 6.54 Å². The van der Waals surface area contributed by atoms with E-state index in [1.807, 2.05) is 11.3 Å². The summed E-state index contributed by atoms with van der Waals surface area (Å²) < 4.78 is 1.21. The van der Waals surface area contributed by atoms with Crippen LogP contribution >= 0.6 is 27.3 Å². The Morgan fingerprint density at radius 3 is 2.46 bits per heavy atom. The fourth-order valence-electron chi connectivity index (χ4n) is 1.38. The van der Waals surface area contributed by atoms with Crippen molar-refractivity contribution in [1.29, 1.82) is 0 Å². The minimum atomic E-state index is 0.509. The minimum Gasteiger partial charge on any atom is -0.330 e. The van der Waals surface area contributed by atoms with Gasteiger partial charge < -0.3 is 5.73 Å². The van der Waals surface area contributed by atoms with E-state index in [4.69, 9.17) is 5.73 Å². The lowest BCUT2D eigenvalue weighted by atomic mass is 9.94. The van der Waals surface area contributed by atoms with Crippen LogP contribution < -0.4 is 5.73 Å². The first-order valence-electron chi connectivity index (χ1n) is 4.52. The van der Waals surface area contributed by atoms with E-state index in [0.717, 1.165) is 6.54 Å². The molecule has 1 unspecified atom stereocenters. The topological polar surface area (TPSA) is 26.0 Å². The maximum Gasteiger partial charge on any atom is 0.0314 e. The number of thiophene rings is 1. The highest BCUT2D eigenvalue weighted by atomic mass is 79.9. The predicted molar refractivity (Wildman–Crippen MR) is 63.4 cm³/mol. The molecule has 0 amide bonds. The molecule has 2 N–H and O–H groups in total. The molecule has 13 heavy (non-hydrogen) atoms. The van der Waals surface area contributed by atoms with Gasteiger partial charge in [0.25, 0.3) is 0 Å². The molecule has 0 saturated heterocycles. The molecule has 74 valence electrons. The van der Waals surface area contributed by atoms with Gasteiger partial charge in [-0.3, -0.25) is 0 Å². The van der Waals surface area contributed by atoms with Crippen LogP contribution in [0.1, 0.15) is 29.5 Å². The van der Waals surface area contributed by atoms with Crippen molar-refractivity contribution >= 4 is 27.3 Å². The van der Waals surface area contributed by atoms with E-state index in [1.54, 1.807) is 0 Å². The first-order valence-corrected chi connectivity index (χ1v) is 6.13. The van der Waals surface area contributed by atoms with Crippen molar-refractivity contribution in [3.05, 3.63) is 20.3 Å².